The Kier molecular flexibility index (Phi) is 7.45. The highest BCUT2D eigenvalue weighted by Gasteiger charge is 2.15. The maximum Gasteiger partial charge on any atom is 0.343 e. The Morgan fingerprint density at radius 3 is 2.38 bits per heavy atom. The van der Waals surface area contributed by atoms with Crippen LogP contribution >= 0.6 is 0 Å². The summed E-state index contributed by atoms with van der Waals surface area (Å²) in [6, 6.07) is 16.8. The smallest absolute Gasteiger partial charge is 0.343 e. The molecule has 0 radical (unpaired) electrons. The fourth-order valence-corrected chi connectivity index (χ4v) is 2.82. The van der Waals surface area contributed by atoms with Gasteiger partial charge in [0, 0.05) is 23.4 Å². The van der Waals surface area contributed by atoms with E-state index in [9.17, 15) is 24.5 Å². The fourth-order valence-electron chi connectivity index (χ4n) is 2.82. The number of anilines is 1. The zero-order valence-electron chi connectivity index (χ0n) is 18.3. The van der Waals surface area contributed by atoms with Crippen molar-refractivity contribution in [1.29, 1.82) is 0 Å². The molecule has 3 aromatic rings. The molecule has 10 nitrogen and oxygen atoms in total. The Hall–Kier alpha value is -4.86. The molecule has 3 aromatic carbocycles. The topological polar surface area (TPSA) is 140 Å². The second-order valence-corrected chi connectivity index (χ2v) is 7.20. The zero-order valence-corrected chi connectivity index (χ0v) is 18.3. The highest BCUT2D eigenvalue weighted by Crippen LogP contribution is 2.19. The molecule has 0 aliphatic carbocycles. The summed E-state index contributed by atoms with van der Waals surface area (Å²) < 4.78 is 5.35. The van der Waals surface area contributed by atoms with Gasteiger partial charge < -0.3 is 10.1 Å². The van der Waals surface area contributed by atoms with E-state index in [2.05, 4.69) is 15.8 Å². The summed E-state index contributed by atoms with van der Waals surface area (Å²) in [5.41, 5.74) is 4.71. The average Bonchev–Trinajstić information content (AvgIpc) is 2.82. The van der Waals surface area contributed by atoms with Crippen LogP contribution in [0, 0.1) is 24.0 Å². The van der Waals surface area contributed by atoms with Crippen molar-refractivity contribution in [3.05, 3.63) is 99.1 Å². The van der Waals surface area contributed by atoms with E-state index >= 15 is 0 Å². The minimum Gasteiger partial charge on any atom is -0.422 e. The summed E-state index contributed by atoms with van der Waals surface area (Å²) in [6.45, 7) is 3.67. The molecule has 0 unspecified atom stereocenters. The highest BCUT2D eigenvalue weighted by molar-refractivity contribution is 6.39. The lowest BCUT2D eigenvalue weighted by Crippen LogP contribution is -2.32. The second kappa shape index (κ2) is 10.6. The van der Waals surface area contributed by atoms with Gasteiger partial charge in [-0.15, -0.1) is 0 Å². The summed E-state index contributed by atoms with van der Waals surface area (Å²) in [7, 11) is 0. The Morgan fingerprint density at radius 1 is 0.971 bits per heavy atom. The first kappa shape index (κ1) is 23.8. The van der Waals surface area contributed by atoms with E-state index < -0.39 is 22.7 Å². The van der Waals surface area contributed by atoms with Gasteiger partial charge in [-0.05, 0) is 55.3 Å². The first-order valence-electron chi connectivity index (χ1n) is 10.0. The number of nitro benzene ring substituents is 1. The van der Waals surface area contributed by atoms with Crippen LogP contribution in [0.3, 0.4) is 0 Å². The molecule has 2 amide bonds. The summed E-state index contributed by atoms with van der Waals surface area (Å²) in [5, 5.41) is 17.0. The molecule has 0 saturated carbocycles. The number of hydrogen-bond donors (Lipinski definition) is 2. The predicted molar refractivity (Wildman–Crippen MR) is 125 cm³/mol. The average molecular weight is 460 g/mol. The maximum atomic E-state index is 12.4. The van der Waals surface area contributed by atoms with Gasteiger partial charge in [0.15, 0.2) is 0 Å². The maximum absolute atomic E-state index is 12.4. The van der Waals surface area contributed by atoms with Gasteiger partial charge in [-0.1, -0.05) is 24.3 Å². The van der Waals surface area contributed by atoms with Crippen molar-refractivity contribution in [3.8, 4) is 5.75 Å². The number of benzene rings is 3. The van der Waals surface area contributed by atoms with Gasteiger partial charge in [0.1, 0.15) is 5.75 Å². The Labute approximate surface area is 194 Å². The van der Waals surface area contributed by atoms with Gasteiger partial charge in [-0.2, -0.15) is 5.10 Å². The van der Waals surface area contributed by atoms with Gasteiger partial charge in [0.25, 0.3) is 5.69 Å². The molecule has 0 spiro atoms. The minimum absolute atomic E-state index is 0.119. The SMILES string of the molecule is Cc1ccc(C)c(NC(=O)C(=O)N/N=C/c2ccccc2OC(=O)c2ccc([N+](=O)[O-])cc2)c1. The van der Waals surface area contributed by atoms with E-state index in [1.807, 2.05) is 19.1 Å². The molecular formula is C24H20N4O6. The van der Waals surface area contributed by atoms with Gasteiger partial charge in [0.2, 0.25) is 0 Å². The molecule has 0 aromatic heterocycles. The number of ether oxygens (including phenoxy) is 1. The molecule has 0 atom stereocenters. The number of nitro groups is 1. The number of aryl methyl sites for hydroxylation is 2. The van der Waals surface area contributed by atoms with Crippen LogP contribution < -0.4 is 15.5 Å². The number of non-ortho nitro benzene ring substituents is 1. The summed E-state index contributed by atoms with van der Waals surface area (Å²) >= 11 is 0. The summed E-state index contributed by atoms with van der Waals surface area (Å²) in [4.78, 5) is 46.8. The second-order valence-electron chi connectivity index (χ2n) is 7.20. The van der Waals surface area contributed by atoms with E-state index in [1.54, 1.807) is 31.2 Å². The van der Waals surface area contributed by atoms with Crippen LogP contribution in [0.1, 0.15) is 27.0 Å². The lowest BCUT2D eigenvalue weighted by atomic mass is 10.1. The third-order valence-corrected chi connectivity index (χ3v) is 4.65. The Morgan fingerprint density at radius 2 is 1.68 bits per heavy atom. The molecule has 10 heteroatoms. The molecule has 34 heavy (non-hydrogen) atoms. The van der Waals surface area contributed by atoms with Crippen molar-refractivity contribution < 1.29 is 24.0 Å². The molecule has 0 saturated heterocycles. The lowest BCUT2D eigenvalue weighted by Gasteiger charge is -2.08. The molecule has 2 N–H and O–H groups in total. The molecule has 0 fully saturated rings. The molecule has 0 heterocycles. The Balaban J connectivity index is 1.63. The quantitative estimate of drug-likeness (QED) is 0.144. The summed E-state index contributed by atoms with van der Waals surface area (Å²) in [5.74, 6) is -2.45. The van der Waals surface area contributed by atoms with Crippen molar-refractivity contribution >= 4 is 35.4 Å². The van der Waals surface area contributed by atoms with E-state index in [1.165, 1.54) is 36.5 Å². The van der Waals surface area contributed by atoms with Crippen molar-refractivity contribution in [3.63, 3.8) is 0 Å². The number of nitrogens with one attached hydrogen (secondary N) is 2. The van der Waals surface area contributed by atoms with Gasteiger partial charge >= 0.3 is 17.8 Å². The van der Waals surface area contributed by atoms with Gasteiger partial charge in [-0.3, -0.25) is 19.7 Å². The normalized spacial score (nSPS) is 10.5. The molecular weight excluding hydrogens is 440 g/mol. The van der Waals surface area contributed by atoms with Crippen LogP contribution in [0.25, 0.3) is 0 Å². The first-order valence-corrected chi connectivity index (χ1v) is 10.0. The standard InChI is InChI=1S/C24H20N4O6/c1-15-7-8-16(2)20(13-15)26-22(29)23(30)27-25-14-18-5-3-4-6-21(18)34-24(31)17-9-11-19(12-10-17)28(32)33/h3-14H,1-2H3,(H,26,29)(H,27,30)/b25-14+. The van der Waals surface area contributed by atoms with Gasteiger partial charge in [-0.25, -0.2) is 10.2 Å². The van der Waals surface area contributed by atoms with E-state index in [4.69, 9.17) is 4.74 Å². The van der Waals surface area contributed by atoms with E-state index in [-0.39, 0.29) is 17.0 Å². The molecule has 0 aliphatic heterocycles. The van der Waals surface area contributed by atoms with Crippen LogP contribution in [0.5, 0.6) is 5.75 Å². The van der Waals surface area contributed by atoms with E-state index in [0.717, 1.165) is 11.1 Å². The van der Waals surface area contributed by atoms with Crippen LogP contribution in [0.2, 0.25) is 0 Å². The number of amides is 2. The number of rotatable bonds is 6. The third kappa shape index (κ3) is 6.10. The van der Waals surface area contributed by atoms with Crippen molar-refractivity contribution in [2.75, 3.05) is 5.32 Å². The van der Waals surface area contributed by atoms with Crippen LogP contribution in [-0.4, -0.2) is 28.9 Å². The van der Waals surface area contributed by atoms with Gasteiger partial charge in [0.05, 0.1) is 16.7 Å². The first-order chi connectivity index (χ1) is 16.2. The number of carbonyl (C=O) groups excluding carboxylic acids is 3. The van der Waals surface area contributed by atoms with Crippen molar-refractivity contribution in [1.82, 2.24) is 5.43 Å². The number of nitrogens with zero attached hydrogens (tertiary/aromatic N) is 2. The predicted octanol–water partition coefficient (Wildman–Crippen LogP) is 3.52. The van der Waals surface area contributed by atoms with Crippen LogP contribution in [0.15, 0.2) is 71.8 Å². The lowest BCUT2D eigenvalue weighted by molar-refractivity contribution is -0.384. The monoisotopic (exact) mass is 460 g/mol. The largest absolute Gasteiger partial charge is 0.422 e. The highest BCUT2D eigenvalue weighted by atomic mass is 16.6. The molecule has 0 aliphatic rings. The van der Waals surface area contributed by atoms with E-state index in [0.29, 0.717) is 11.3 Å². The zero-order chi connectivity index (χ0) is 24.7. The number of hydrazone groups is 1. The number of carbonyl (C=O) groups is 3. The van der Waals surface area contributed by atoms with Crippen molar-refractivity contribution in [2.24, 2.45) is 5.10 Å². The third-order valence-electron chi connectivity index (χ3n) is 4.65. The Bertz CT molecular complexity index is 1280. The van der Waals surface area contributed by atoms with Crippen LogP contribution in [0.4, 0.5) is 11.4 Å². The summed E-state index contributed by atoms with van der Waals surface area (Å²) in [6.07, 6.45) is 1.22. The molecule has 0 bridgehead atoms. The molecule has 3 rings (SSSR count). The minimum atomic E-state index is -0.975. The molecule has 172 valence electrons. The van der Waals surface area contributed by atoms with Crippen molar-refractivity contribution in [2.45, 2.75) is 13.8 Å². The number of esters is 1. The number of hydrogen-bond acceptors (Lipinski definition) is 7. The van der Waals surface area contributed by atoms with Crippen LogP contribution in [-0.2, 0) is 9.59 Å². The number of para-hydroxylation sites is 1. The fraction of sp³-hybridized carbons (Fsp3) is 0.0833.